The summed E-state index contributed by atoms with van der Waals surface area (Å²) in [6.07, 6.45) is 5.32. The van der Waals surface area contributed by atoms with E-state index in [1.165, 1.54) is 0 Å². The third-order valence-electron chi connectivity index (χ3n) is 7.86. The molecule has 2 N–H and O–H groups in total. The number of hydrogen-bond donors (Lipinski definition) is 2. The van der Waals surface area contributed by atoms with Gasteiger partial charge in [0, 0.05) is 37.2 Å². The second kappa shape index (κ2) is 13.5. The maximum Gasteiger partial charge on any atom is 0.223 e. The normalized spacial score (nSPS) is 11.0. The molecule has 0 spiro atoms. The molecule has 0 unspecified atom stereocenters. The molecule has 10 nitrogen and oxygen atoms in total. The van der Waals surface area contributed by atoms with Crippen molar-refractivity contribution in [2.45, 2.75) is 19.7 Å². The number of hydrogen-bond acceptors (Lipinski definition) is 9. The maximum atomic E-state index is 6.47. The first-order valence-electron chi connectivity index (χ1n) is 15.2. The zero-order chi connectivity index (χ0) is 32.0. The van der Waals surface area contributed by atoms with Crippen molar-refractivity contribution in [2.24, 2.45) is 0 Å². The Labute approximate surface area is 272 Å². The fourth-order valence-corrected chi connectivity index (χ4v) is 5.47. The SMILES string of the molecule is COc1ccc(CNc2nccc(-c3c4c(OCc5ccccc5)ccnc4n4c(NCc5ccc(OC)cc5)nccc34)n2)cc1. The van der Waals surface area contributed by atoms with Crippen LogP contribution in [0.1, 0.15) is 16.7 Å². The van der Waals surface area contributed by atoms with Crippen LogP contribution in [0.5, 0.6) is 17.2 Å². The highest BCUT2D eigenvalue weighted by Gasteiger charge is 2.22. The van der Waals surface area contributed by atoms with Crippen molar-refractivity contribution >= 4 is 28.4 Å². The highest BCUT2D eigenvalue weighted by Crippen LogP contribution is 2.40. The molecule has 7 rings (SSSR count). The molecule has 0 radical (unpaired) electrons. The zero-order valence-corrected chi connectivity index (χ0v) is 26.1. The van der Waals surface area contributed by atoms with Crippen molar-refractivity contribution in [3.63, 3.8) is 0 Å². The van der Waals surface area contributed by atoms with Gasteiger partial charge in [-0.3, -0.25) is 4.40 Å². The molecule has 0 aliphatic carbocycles. The average molecular weight is 624 g/mol. The quantitative estimate of drug-likeness (QED) is 0.147. The second-order valence-corrected chi connectivity index (χ2v) is 10.8. The Morgan fingerprint density at radius 1 is 0.638 bits per heavy atom. The van der Waals surface area contributed by atoms with E-state index in [0.29, 0.717) is 43.0 Å². The lowest BCUT2D eigenvalue weighted by atomic mass is 10.1. The Balaban J connectivity index is 1.29. The summed E-state index contributed by atoms with van der Waals surface area (Å²) in [5, 5.41) is 7.71. The molecule has 47 heavy (non-hydrogen) atoms. The van der Waals surface area contributed by atoms with Gasteiger partial charge in [-0.1, -0.05) is 54.6 Å². The molecule has 0 fully saturated rings. The van der Waals surface area contributed by atoms with E-state index >= 15 is 0 Å². The summed E-state index contributed by atoms with van der Waals surface area (Å²) in [5.74, 6) is 3.48. The largest absolute Gasteiger partial charge is 0.497 e. The van der Waals surface area contributed by atoms with Crippen molar-refractivity contribution in [3.8, 4) is 28.5 Å². The van der Waals surface area contributed by atoms with E-state index in [2.05, 4.69) is 15.6 Å². The Hall–Kier alpha value is -6.16. The first kappa shape index (κ1) is 29.5. The van der Waals surface area contributed by atoms with E-state index in [0.717, 1.165) is 50.3 Å². The molecule has 4 heterocycles. The lowest BCUT2D eigenvalue weighted by Crippen LogP contribution is -2.06. The molecule has 10 heteroatoms. The van der Waals surface area contributed by atoms with Crippen molar-refractivity contribution in [2.75, 3.05) is 24.9 Å². The van der Waals surface area contributed by atoms with E-state index in [4.69, 9.17) is 29.2 Å². The van der Waals surface area contributed by atoms with Crippen LogP contribution in [0.3, 0.4) is 0 Å². The summed E-state index contributed by atoms with van der Waals surface area (Å²) in [6, 6.07) is 31.7. The highest BCUT2D eigenvalue weighted by atomic mass is 16.5. The van der Waals surface area contributed by atoms with Crippen LogP contribution in [-0.2, 0) is 19.7 Å². The van der Waals surface area contributed by atoms with Crippen molar-refractivity contribution < 1.29 is 14.2 Å². The van der Waals surface area contributed by atoms with Crippen LogP contribution in [0.4, 0.5) is 11.9 Å². The number of ether oxygens (including phenoxy) is 3. The Morgan fingerprint density at radius 2 is 1.30 bits per heavy atom. The predicted octanol–water partition coefficient (Wildman–Crippen LogP) is 7.16. The van der Waals surface area contributed by atoms with E-state index in [1.807, 2.05) is 101 Å². The predicted molar refractivity (Wildman–Crippen MR) is 183 cm³/mol. The van der Waals surface area contributed by atoms with Crippen LogP contribution in [0, 0.1) is 0 Å². The van der Waals surface area contributed by atoms with Crippen LogP contribution in [0.15, 0.2) is 116 Å². The number of nitrogens with zero attached hydrogens (tertiary/aromatic N) is 5. The molecule has 0 aliphatic heterocycles. The minimum Gasteiger partial charge on any atom is -0.497 e. The van der Waals surface area contributed by atoms with Crippen molar-refractivity contribution in [1.82, 2.24) is 24.3 Å². The van der Waals surface area contributed by atoms with Crippen LogP contribution in [0.2, 0.25) is 0 Å². The van der Waals surface area contributed by atoms with Gasteiger partial charge >= 0.3 is 0 Å². The van der Waals surface area contributed by atoms with Gasteiger partial charge in [-0.2, -0.15) is 0 Å². The summed E-state index contributed by atoms with van der Waals surface area (Å²) < 4.78 is 19.1. The average Bonchev–Trinajstić information content (AvgIpc) is 3.49. The molecular weight excluding hydrogens is 590 g/mol. The molecule has 234 valence electrons. The Bertz CT molecular complexity index is 2120. The summed E-state index contributed by atoms with van der Waals surface area (Å²) in [4.78, 5) is 19.0. The molecule has 0 atom stereocenters. The fraction of sp³-hybridized carbons (Fsp3) is 0.135. The van der Waals surface area contributed by atoms with Gasteiger partial charge in [0.25, 0.3) is 0 Å². The first-order valence-corrected chi connectivity index (χ1v) is 15.2. The van der Waals surface area contributed by atoms with Gasteiger partial charge in [0.05, 0.1) is 30.8 Å². The van der Waals surface area contributed by atoms with Crippen LogP contribution in [0.25, 0.3) is 27.8 Å². The molecule has 0 amide bonds. The summed E-state index contributed by atoms with van der Waals surface area (Å²) in [5.41, 5.74) is 6.44. The molecule has 0 saturated heterocycles. The molecule has 0 saturated carbocycles. The number of aromatic nitrogens is 5. The zero-order valence-electron chi connectivity index (χ0n) is 26.1. The number of fused-ring (bicyclic) bond motifs is 3. The number of methoxy groups -OCH3 is 2. The number of pyridine rings is 1. The lowest BCUT2D eigenvalue weighted by Gasteiger charge is -2.10. The van der Waals surface area contributed by atoms with Crippen LogP contribution < -0.4 is 24.8 Å². The minimum atomic E-state index is 0.408. The van der Waals surface area contributed by atoms with Crippen LogP contribution >= 0.6 is 0 Å². The number of rotatable bonds is 12. The van der Waals surface area contributed by atoms with Gasteiger partial charge in [-0.15, -0.1) is 0 Å². The van der Waals surface area contributed by atoms with Gasteiger partial charge < -0.3 is 24.8 Å². The summed E-state index contributed by atoms with van der Waals surface area (Å²) >= 11 is 0. The molecule has 7 aromatic rings. The van der Waals surface area contributed by atoms with Gasteiger partial charge in [-0.25, -0.2) is 19.9 Å². The van der Waals surface area contributed by atoms with E-state index in [-0.39, 0.29) is 0 Å². The van der Waals surface area contributed by atoms with Gasteiger partial charge in [0.2, 0.25) is 11.9 Å². The highest BCUT2D eigenvalue weighted by molar-refractivity contribution is 6.07. The molecule has 3 aromatic carbocycles. The summed E-state index contributed by atoms with van der Waals surface area (Å²) in [6.45, 7) is 1.52. The van der Waals surface area contributed by atoms with Crippen LogP contribution in [-0.4, -0.2) is 38.6 Å². The van der Waals surface area contributed by atoms with Crippen molar-refractivity contribution in [3.05, 3.63) is 132 Å². The number of anilines is 2. The summed E-state index contributed by atoms with van der Waals surface area (Å²) in [7, 11) is 3.32. The standard InChI is InChI=1S/C37H33N7O3/c1-45-28-12-8-25(9-13-28)22-41-36-39-19-16-30(43-36)33-31-17-20-40-37(42-23-26-10-14-29(46-2)15-11-26)44(31)35-34(33)32(18-21-38-35)47-24-27-6-4-3-5-7-27/h3-21H,22-24H2,1-2H3,(H,40,42)(H,39,41,43). The minimum absolute atomic E-state index is 0.408. The monoisotopic (exact) mass is 623 g/mol. The third kappa shape index (κ3) is 6.34. The van der Waals surface area contributed by atoms with Crippen molar-refractivity contribution in [1.29, 1.82) is 0 Å². The topological polar surface area (TPSA) is 108 Å². The van der Waals surface area contributed by atoms with Gasteiger partial charge in [0.1, 0.15) is 23.9 Å². The van der Waals surface area contributed by atoms with E-state index < -0.39 is 0 Å². The molecule has 0 aliphatic rings. The Kier molecular flexibility index (Phi) is 8.46. The molecule has 4 aromatic heterocycles. The third-order valence-corrected chi connectivity index (χ3v) is 7.86. The molecule has 0 bridgehead atoms. The smallest absolute Gasteiger partial charge is 0.223 e. The first-order chi connectivity index (χ1) is 23.2. The molecular formula is C37H33N7O3. The van der Waals surface area contributed by atoms with E-state index in [9.17, 15) is 0 Å². The van der Waals surface area contributed by atoms with Gasteiger partial charge in [0.15, 0.2) is 5.65 Å². The maximum absolute atomic E-state index is 6.47. The second-order valence-electron chi connectivity index (χ2n) is 10.8. The van der Waals surface area contributed by atoms with Gasteiger partial charge in [-0.05, 0) is 59.2 Å². The number of nitrogens with one attached hydrogen (secondary N) is 2. The number of benzene rings is 3. The van der Waals surface area contributed by atoms with E-state index in [1.54, 1.807) is 32.8 Å². The lowest BCUT2D eigenvalue weighted by molar-refractivity contribution is 0.310. The fourth-order valence-electron chi connectivity index (χ4n) is 5.47. The Morgan fingerprint density at radius 3 is 2.00 bits per heavy atom.